The molecule has 1 aliphatic carbocycles. The summed E-state index contributed by atoms with van der Waals surface area (Å²) in [6.45, 7) is 0.702. The number of likely N-dealkylation sites (N-methyl/N-ethyl adjacent to an activating group) is 1. The largest absolute Gasteiger partial charge is 0.388 e. The standard InChI is InChI=1S/C13H24N2O4S/c1-14(10-13(17)7-3-4-8-13)12(16)11-6-5-9-15(11)20(2,18)19/h11,17H,3-10H2,1-2H3. The third-order valence-corrected chi connectivity index (χ3v) is 5.65. The zero-order valence-electron chi connectivity index (χ0n) is 12.2. The Balaban J connectivity index is 2.03. The molecule has 0 radical (unpaired) electrons. The van der Waals surface area contributed by atoms with Crippen molar-refractivity contribution >= 4 is 15.9 Å². The van der Waals surface area contributed by atoms with Crippen LogP contribution in [0.25, 0.3) is 0 Å². The van der Waals surface area contributed by atoms with E-state index in [1.165, 1.54) is 9.21 Å². The molecule has 1 atom stereocenters. The Morgan fingerprint density at radius 1 is 1.35 bits per heavy atom. The van der Waals surface area contributed by atoms with Gasteiger partial charge >= 0.3 is 0 Å². The van der Waals surface area contributed by atoms with Crippen LogP contribution in [0.2, 0.25) is 0 Å². The van der Waals surface area contributed by atoms with Crippen molar-refractivity contribution in [2.45, 2.75) is 50.2 Å². The highest BCUT2D eigenvalue weighted by Crippen LogP contribution is 2.30. The Morgan fingerprint density at radius 3 is 2.50 bits per heavy atom. The van der Waals surface area contributed by atoms with Gasteiger partial charge in [-0.15, -0.1) is 0 Å². The van der Waals surface area contributed by atoms with Gasteiger partial charge in [0.15, 0.2) is 0 Å². The zero-order chi connectivity index (χ0) is 15.0. The van der Waals surface area contributed by atoms with Crippen molar-refractivity contribution in [2.75, 3.05) is 26.4 Å². The summed E-state index contributed by atoms with van der Waals surface area (Å²) >= 11 is 0. The lowest BCUT2D eigenvalue weighted by molar-refractivity contribution is -0.136. The van der Waals surface area contributed by atoms with Crippen LogP contribution < -0.4 is 0 Å². The van der Waals surface area contributed by atoms with Crippen molar-refractivity contribution in [2.24, 2.45) is 0 Å². The molecule has 0 aromatic carbocycles. The van der Waals surface area contributed by atoms with Crippen LogP contribution in [-0.2, 0) is 14.8 Å². The van der Waals surface area contributed by atoms with Crippen LogP contribution in [0.4, 0.5) is 0 Å². The maximum absolute atomic E-state index is 12.4. The fourth-order valence-corrected chi connectivity index (χ4v) is 4.47. The van der Waals surface area contributed by atoms with Gasteiger partial charge in [-0.25, -0.2) is 8.42 Å². The molecule has 0 aromatic heterocycles. The number of nitrogens with zero attached hydrogens (tertiary/aromatic N) is 2. The predicted octanol–water partition coefficient (Wildman–Crippen LogP) is 0.174. The second-order valence-corrected chi connectivity index (χ2v) is 8.09. The Labute approximate surface area is 120 Å². The lowest BCUT2D eigenvalue weighted by Gasteiger charge is -2.32. The Kier molecular flexibility index (Phi) is 4.41. The van der Waals surface area contributed by atoms with Gasteiger partial charge < -0.3 is 10.0 Å². The first-order chi connectivity index (χ1) is 9.23. The smallest absolute Gasteiger partial charge is 0.240 e. The number of carbonyl (C=O) groups is 1. The van der Waals surface area contributed by atoms with E-state index in [0.717, 1.165) is 19.1 Å². The van der Waals surface area contributed by atoms with Crippen LogP contribution in [0.3, 0.4) is 0 Å². The number of aliphatic hydroxyl groups is 1. The molecule has 1 saturated carbocycles. The summed E-state index contributed by atoms with van der Waals surface area (Å²) < 4.78 is 24.7. The molecular formula is C13H24N2O4S. The minimum atomic E-state index is -3.35. The molecule has 0 bridgehead atoms. The summed E-state index contributed by atoms with van der Waals surface area (Å²) in [7, 11) is -1.70. The molecule has 1 amide bonds. The topological polar surface area (TPSA) is 77.9 Å². The normalized spacial score (nSPS) is 26.9. The zero-order valence-corrected chi connectivity index (χ0v) is 13.0. The number of hydrogen-bond acceptors (Lipinski definition) is 4. The van der Waals surface area contributed by atoms with Gasteiger partial charge in [0.2, 0.25) is 15.9 Å². The van der Waals surface area contributed by atoms with E-state index in [1.807, 2.05) is 0 Å². The summed E-state index contributed by atoms with van der Waals surface area (Å²) in [5, 5.41) is 10.4. The summed E-state index contributed by atoms with van der Waals surface area (Å²) in [5.41, 5.74) is -0.793. The highest BCUT2D eigenvalue weighted by atomic mass is 32.2. The van der Waals surface area contributed by atoms with Gasteiger partial charge in [0.1, 0.15) is 6.04 Å². The molecule has 1 aliphatic heterocycles. The van der Waals surface area contributed by atoms with Gasteiger partial charge in [-0.3, -0.25) is 4.79 Å². The van der Waals surface area contributed by atoms with Gasteiger partial charge in [0.25, 0.3) is 0 Å². The summed E-state index contributed by atoms with van der Waals surface area (Å²) in [6, 6.07) is -0.597. The third-order valence-electron chi connectivity index (χ3n) is 4.36. The second kappa shape index (κ2) is 5.61. The first-order valence-corrected chi connectivity index (χ1v) is 9.02. The molecule has 2 aliphatic rings. The van der Waals surface area contributed by atoms with Crippen LogP contribution in [-0.4, -0.2) is 66.7 Å². The molecule has 116 valence electrons. The molecule has 0 spiro atoms. The lowest BCUT2D eigenvalue weighted by atomic mass is 10.0. The minimum Gasteiger partial charge on any atom is -0.388 e. The monoisotopic (exact) mass is 304 g/mol. The van der Waals surface area contributed by atoms with E-state index in [9.17, 15) is 18.3 Å². The molecule has 0 aromatic rings. The van der Waals surface area contributed by atoms with Crippen LogP contribution in [0, 0.1) is 0 Å². The molecule has 1 unspecified atom stereocenters. The van der Waals surface area contributed by atoms with E-state index in [-0.39, 0.29) is 5.91 Å². The number of carbonyl (C=O) groups excluding carboxylic acids is 1. The van der Waals surface area contributed by atoms with Gasteiger partial charge in [0.05, 0.1) is 11.9 Å². The Bertz CT molecular complexity index is 471. The van der Waals surface area contributed by atoms with Crippen LogP contribution in [0.15, 0.2) is 0 Å². The summed E-state index contributed by atoms with van der Waals surface area (Å²) in [4.78, 5) is 13.9. The maximum Gasteiger partial charge on any atom is 0.240 e. The van der Waals surface area contributed by atoms with Crippen LogP contribution >= 0.6 is 0 Å². The molecule has 20 heavy (non-hydrogen) atoms. The third kappa shape index (κ3) is 3.32. The highest BCUT2D eigenvalue weighted by Gasteiger charge is 2.40. The SMILES string of the molecule is CN(CC1(O)CCCC1)C(=O)C1CCCN1S(C)(=O)=O. The van der Waals surface area contributed by atoms with Crippen LogP contribution in [0.5, 0.6) is 0 Å². The second-order valence-electron chi connectivity index (χ2n) is 6.16. The summed E-state index contributed by atoms with van der Waals surface area (Å²) in [5.74, 6) is -0.201. The molecule has 1 heterocycles. The quantitative estimate of drug-likeness (QED) is 0.803. The first-order valence-electron chi connectivity index (χ1n) is 7.17. The lowest BCUT2D eigenvalue weighted by Crippen LogP contribution is -2.50. The van der Waals surface area contributed by atoms with Crippen molar-refractivity contribution in [1.29, 1.82) is 0 Å². The number of sulfonamides is 1. The average molecular weight is 304 g/mol. The number of amides is 1. The van der Waals surface area contributed by atoms with Gasteiger partial charge in [-0.2, -0.15) is 4.31 Å². The molecular weight excluding hydrogens is 280 g/mol. The van der Waals surface area contributed by atoms with E-state index in [2.05, 4.69) is 0 Å². The van der Waals surface area contributed by atoms with E-state index in [1.54, 1.807) is 7.05 Å². The fraction of sp³-hybridized carbons (Fsp3) is 0.923. The Hall–Kier alpha value is -0.660. The highest BCUT2D eigenvalue weighted by molar-refractivity contribution is 7.88. The molecule has 1 saturated heterocycles. The van der Waals surface area contributed by atoms with E-state index < -0.39 is 21.7 Å². The number of hydrogen-bond donors (Lipinski definition) is 1. The summed E-state index contributed by atoms with van der Waals surface area (Å²) in [6.07, 6.45) is 5.81. The molecule has 2 fully saturated rings. The van der Waals surface area contributed by atoms with Gasteiger partial charge in [0, 0.05) is 20.1 Å². The minimum absolute atomic E-state index is 0.201. The van der Waals surface area contributed by atoms with Crippen molar-refractivity contribution in [3.05, 3.63) is 0 Å². The molecule has 2 rings (SSSR count). The van der Waals surface area contributed by atoms with Crippen LogP contribution in [0.1, 0.15) is 38.5 Å². The van der Waals surface area contributed by atoms with Crippen molar-refractivity contribution in [1.82, 2.24) is 9.21 Å². The predicted molar refractivity (Wildman–Crippen MR) is 75.6 cm³/mol. The van der Waals surface area contributed by atoms with Gasteiger partial charge in [-0.1, -0.05) is 12.8 Å². The van der Waals surface area contributed by atoms with Crippen molar-refractivity contribution < 1.29 is 18.3 Å². The van der Waals surface area contributed by atoms with Crippen molar-refractivity contribution in [3.8, 4) is 0 Å². The van der Waals surface area contributed by atoms with E-state index >= 15 is 0 Å². The molecule has 6 nitrogen and oxygen atoms in total. The first kappa shape index (κ1) is 15.7. The van der Waals surface area contributed by atoms with Crippen molar-refractivity contribution in [3.63, 3.8) is 0 Å². The molecule has 7 heteroatoms. The van der Waals surface area contributed by atoms with Gasteiger partial charge in [-0.05, 0) is 25.7 Å². The average Bonchev–Trinajstić information content (AvgIpc) is 2.95. The fourth-order valence-electron chi connectivity index (χ4n) is 3.35. The Morgan fingerprint density at radius 2 is 1.95 bits per heavy atom. The van der Waals surface area contributed by atoms with E-state index in [4.69, 9.17) is 0 Å². The number of rotatable bonds is 4. The maximum atomic E-state index is 12.4. The van der Waals surface area contributed by atoms with E-state index in [0.29, 0.717) is 38.8 Å². The molecule has 1 N–H and O–H groups in total.